The van der Waals surface area contributed by atoms with Crippen molar-refractivity contribution in [2.75, 3.05) is 29.6 Å². The molecule has 0 saturated heterocycles. The monoisotopic (exact) mass is 382 g/mol. The maximum absolute atomic E-state index is 12.2. The lowest BCUT2D eigenvalue weighted by Gasteiger charge is -2.12. The zero-order chi connectivity index (χ0) is 19.2. The number of carbonyl (C=O) groups is 2. The van der Waals surface area contributed by atoms with E-state index in [4.69, 9.17) is 0 Å². The highest BCUT2D eigenvalue weighted by molar-refractivity contribution is 7.14. The van der Waals surface area contributed by atoms with Crippen molar-refractivity contribution in [1.29, 1.82) is 0 Å². The number of nitrogens with one attached hydrogen (secondary N) is 2. The first-order chi connectivity index (χ1) is 13.0. The van der Waals surface area contributed by atoms with Gasteiger partial charge < -0.3 is 10.2 Å². The second-order valence-corrected chi connectivity index (χ2v) is 6.69. The van der Waals surface area contributed by atoms with E-state index >= 15 is 0 Å². The number of benzene rings is 1. The molecule has 0 spiro atoms. The van der Waals surface area contributed by atoms with E-state index in [1.54, 1.807) is 11.4 Å². The second-order valence-electron chi connectivity index (χ2n) is 5.84. The third kappa shape index (κ3) is 5.08. The summed E-state index contributed by atoms with van der Waals surface area (Å²) in [5, 5.41) is 7.58. The van der Waals surface area contributed by atoms with Crippen LogP contribution in [0.4, 0.5) is 16.5 Å². The SMILES string of the molecule is CN(C)c1ccc(NC(=O)Cc2csc(NC(=O)c3ncccn3)n2)cc1. The summed E-state index contributed by atoms with van der Waals surface area (Å²) in [4.78, 5) is 38.2. The molecule has 0 aliphatic carbocycles. The van der Waals surface area contributed by atoms with Crippen molar-refractivity contribution >= 4 is 39.7 Å². The zero-order valence-corrected chi connectivity index (χ0v) is 15.7. The van der Waals surface area contributed by atoms with Gasteiger partial charge in [-0.2, -0.15) is 0 Å². The summed E-state index contributed by atoms with van der Waals surface area (Å²) < 4.78 is 0. The number of amides is 2. The van der Waals surface area contributed by atoms with Gasteiger partial charge in [0, 0.05) is 43.2 Å². The fourth-order valence-electron chi connectivity index (χ4n) is 2.23. The van der Waals surface area contributed by atoms with Gasteiger partial charge in [-0.15, -0.1) is 11.3 Å². The van der Waals surface area contributed by atoms with Crippen LogP contribution < -0.4 is 15.5 Å². The summed E-state index contributed by atoms with van der Waals surface area (Å²) in [5.41, 5.74) is 2.34. The van der Waals surface area contributed by atoms with Gasteiger partial charge in [-0.05, 0) is 30.3 Å². The molecule has 3 rings (SSSR count). The molecule has 2 amide bonds. The fraction of sp³-hybridized carbons (Fsp3) is 0.167. The van der Waals surface area contributed by atoms with E-state index in [-0.39, 0.29) is 18.2 Å². The highest BCUT2D eigenvalue weighted by atomic mass is 32.1. The number of thiazole rings is 1. The molecular weight excluding hydrogens is 364 g/mol. The Bertz CT molecular complexity index is 925. The normalized spacial score (nSPS) is 10.3. The first-order valence-electron chi connectivity index (χ1n) is 8.11. The van der Waals surface area contributed by atoms with Crippen molar-refractivity contribution in [3.05, 3.63) is 59.6 Å². The van der Waals surface area contributed by atoms with Gasteiger partial charge >= 0.3 is 0 Å². The van der Waals surface area contributed by atoms with Gasteiger partial charge in [0.15, 0.2) is 5.13 Å². The minimum atomic E-state index is -0.443. The number of aromatic nitrogens is 3. The van der Waals surface area contributed by atoms with E-state index < -0.39 is 5.91 Å². The number of rotatable bonds is 6. The molecule has 0 atom stereocenters. The summed E-state index contributed by atoms with van der Waals surface area (Å²) in [6, 6.07) is 9.18. The molecule has 3 aromatic rings. The molecule has 9 heteroatoms. The molecule has 2 heterocycles. The fourth-order valence-corrected chi connectivity index (χ4v) is 2.93. The van der Waals surface area contributed by atoms with Gasteiger partial charge in [0.2, 0.25) is 11.7 Å². The summed E-state index contributed by atoms with van der Waals surface area (Å²) >= 11 is 1.24. The molecule has 0 saturated carbocycles. The molecule has 0 unspecified atom stereocenters. The largest absolute Gasteiger partial charge is 0.378 e. The van der Waals surface area contributed by atoms with E-state index in [1.807, 2.05) is 43.3 Å². The summed E-state index contributed by atoms with van der Waals surface area (Å²) in [6.07, 6.45) is 3.10. The molecule has 0 bridgehead atoms. The topological polar surface area (TPSA) is 100 Å². The van der Waals surface area contributed by atoms with E-state index in [0.717, 1.165) is 11.4 Å². The smallest absolute Gasteiger partial charge is 0.295 e. The van der Waals surface area contributed by atoms with E-state index in [9.17, 15) is 9.59 Å². The highest BCUT2D eigenvalue weighted by Gasteiger charge is 2.13. The molecule has 2 N–H and O–H groups in total. The lowest BCUT2D eigenvalue weighted by Crippen LogP contribution is -2.16. The Morgan fingerprint density at radius 2 is 1.78 bits per heavy atom. The van der Waals surface area contributed by atoms with Crippen molar-refractivity contribution in [3.63, 3.8) is 0 Å². The number of carbonyl (C=O) groups excluding carboxylic acids is 2. The van der Waals surface area contributed by atoms with Crippen LogP contribution in [0, 0.1) is 0 Å². The van der Waals surface area contributed by atoms with E-state index in [0.29, 0.717) is 10.8 Å². The first-order valence-corrected chi connectivity index (χ1v) is 8.99. The highest BCUT2D eigenvalue weighted by Crippen LogP contribution is 2.18. The summed E-state index contributed by atoms with van der Waals surface area (Å²) in [7, 11) is 3.91. The van der Waals surface area contributed by atoms with Crippen molar-refractivity contribution < 1.29 is 9.59 Å². The standard InChI is InChI=1S/C18H18N6O2S/c1-24(2)14-6-4-12(5-7-14)21-15(25)10-13-11-27-18(22-13)23-17(26)16-19-8-3-9-20-16/h3-9,11H,10H2,1-2H3,(H,21,25)(H,22,23,26). The van der Waals surface area contributed by atoms with Gasteiger partial charge in [0.25, 0.3) is 5.91 Å². The van der Waals surface area contributed by atoms with Crippen LogP contribution in [0.1, 0.15) is 16.3 Å². The molecule has 2 aromatic heterocycles. The van der Waals surface area contributed by atoms with Gasteiger partial charge in [-0.25, -0.2) is 15.0 Å². The second kappa shape index (κ2) is 8.37. The molecule has 0 radical (unpaired) electrons. The third-order valence-electron chi connectivity index (χ3n) is 3.55. The predicted octanol–water partition coefficient (Wildman–Crippen LogP) is 2.43. The molecule has 27 heavy (non-hydrogen) atoms. The molecule has 0 fully saturated rings. The number of nitrogens with zero attached hydrogens (tertiary/aromatic N) is 4. The van der Waals surface area contributed by atoms with Crippen molar-refractivity contribution in [2.45, 2.75) is 6.42 Å². The summed E-state index contributed by atoms with van der Waals surface area (Å²) in [5.74, 6) is -0.558. The molecule has 0 aliphatic rings. The average molecular weight is 382 g/mol. The van der Waals surface area contributed by atoms with Crippen molar-refractivity contribution in [1.82, 2.24) is 15.0 Å². The zero-order valence-electron chi connectivity index (χ0n) is 14.8. The van der Waals surface area contributed by atoms with Crippen molar-refractivity contribution in [3.8, 4) is 0 Å². The third-order valence-corrected chi connectivity index (χ3v) is 4.36. The molecular formula is C18H18N6O2S. The van der Waals surface area contributed by atoms with E-state index in [2.05, 4.69) is 25.6 Å². The maximum atomic E-state index is 12.2. The van der Waals surface area contributed by atoms with Gasteiger partial charge in [-0.1, -0.05) is 0 Å². The number of hydrogen-bond acceptors (Lipinski definition) is 7. The maximum Gasteiger partial charge on any atom is 0.295 e. The Balaban J connectivity index is 1.55. The van der Waals surface area contributed by atoms with Crippen LogP contribution in [0.15, 0.2) is 48.1 Å². The van der Waals surface area contributed by atoms with Crippen LogP contribution in [0.2, 0.25) is 0 Å². The van der Waals surface area contributed by atoms with Crippen LogP contribution >= 0.6 is 11.3 Å². The average Bonchev–Trinajstić information content (AvgIpc) is 3.09. The van der Waals surface area contributed by atoms with Gasteiger partial charge in [0.1, 0.15) is 0 Å². The van der Waals surface area contributed by atoms with Crippen LogP contribution in [0.3, 0.4) is 0 Å². The summed E-state index contributed by atoms with van der Waals surface area (Å²) in [6.45, 7) is 0. The Labute approximate surface area is 160 Å². The van der Waals surface area contributed by atoms with E-state index in [1.165, 1.54) is 23.7 Å². The predicted molar refractivity (Wildman–Crippen MR) is 105 cm³/mol. The lowest BCUT2D eigenvalue weighted by atomic mass is 10.2. The molecule has 8 nitrogen and oxygen atoms in total. The lowest BCUT2D eigenvalue weighted by molar-refractivity contribution is -0.115. The Kier molecular flexibility index (Phi) is 5.72. The van der Waals surface area contributed by atoms with Gasteiger partial charge in [-0.3, -0.25) is 14.9 Å². The Morgan fingerprint density at radius 1 is 1.07 bits per heavy atom. The van der Waals surface area contributed by atoms with Gasteiger partial charge in [0.05, 0.1) is 12.1 Å². The number of anilines is 3. The molecule has 0 aliphatic heterocycles. The van der Waals surface area contributed by atoms with Crippen LogP contribution in [-0.4, -0.2) is 40.9 Å². The quantitative estimate of drug-likeness (QED) is 0.679. The minimum absolute atomic E-state index is 0.0631. The molecule has 138 valence electrons. The minimum Gasteiger partial charge on any atom is -0.378 e. The molecule has 1 aromatic carbocycles. The number of hydrogen-bond donors (Lipinski definition) is 2. The van der Waals surface area contributed by atoms with Crippen molar-refractivity contribution in [2.24, 2.45) is 0 Å². The Hall–Kier alpha value is -3.33. The van der Waals surface area contributed by atoms with Crippen LogP contribution in [0.25, 0.3) is 0 Å². The Morgan fingerprint density at radius 3 is 2.44 bits per heavy atom. The first kappa shape index (κ1) is 18.5. The van der Waals surface area contributed by atoms with Crippen LogP contribution in [-0.2, 0) is 11.2 Å². The van der Waals surface area contributed by atoms with Crippen LogP contribution in [0.5, 0.6) is 0 Å².